The fourth-order valence-corrected chi connectivity index (χ4v) is 2.72. The second-order valence-electron chi connectivity index (χ2n) is 5.85. The van der Waals surface area contributed by atoms with Crippen LogP contribution in [0.2, 0.25) is 0 Å². The maximum Gasteiger partial charge on any atom is 0.326 e. The number of carboxylic acid groups (broad SMARTS) is 1. The Hall–Kier alpha value is -3.15. The number of carbonyl (C=O) groups excluding carboxylic acids is 2. The van der Waals surface area contributed by atoms with Gasteiger partial charge in [-0.15, -0.1) is 0 Å². The van der Waals surface area contributed by atoms with Crippen LogP contribution in [-0.4, -0.2) is 28.8 Å². The summed E-state index contributed by atoms with van der Waals surface area (Å²) in [6, 6.07) is 15.2. The molecule has 2 unspecified atom stereocenters. The van der Waals surface area contributed by atoms with E-state index in [0.29, 0.717) is 17.9 Å². The first-order valence-electron chi connectivity index (χ1n) is 7.89. The summed E-state index contributed by atoms with van der Waals surface area (Å²) in [4.78, 5) is 35.2. The quantitative estimate of drug-likeness (QED) is 0.620. The molecule has 0 saturated carbocycles. The van der Waals surface area contributed by atoms with Gasteiger partial charge in [0.05, 0.1) is 0 Å². The molecule has 0 spiro atoms. The largest absolute Gasteiger partial charge is 0.489 e. The number of rotatable bonds is 6. The molecule has 2 aromatic rings. The number of ether oxygens (including phenoxy) is 1. The molecule has 1 fully saturated rings. The molecule has 6 nitrogen and oxygen atoms in total. The van der Waals surface area contributed by atoms with Crippen LogP contribution in [-0.2, 0) is 16.2 Å². The van der Waals surface area contributed by atoms with Gasteiger partial charge in [0, 0.05) is 5.56 Å². The van der Waals surface area contributed by atoms with Gasteiger partial charge < -0.3 is 15.2 Å². The molecule has 0 radical (unpaired) electrons. The molecule has 1 saturated heterocycles. The lowest BCUT2D eigenvalue weighted by Gasteiger charge is -2.09. The van der Waals surface area contributed by atoms with Crippen LogP contribution in [0.3, 0.4) is 0 Å². The van der Waals surface area contributed by atoms with Crippen molar-refractivity contribution in [2.75, 3.05) is 0 Å². The Labute approximate surface area is 144 Å². The third-order valence-corrected chi connectivity index (χ3v) is 4.11. The van der Waals surface area contributed by atoms with Crippen molar-refractivity contribution in [2.45, 2.75) is 19.1 Å². The van der Waals surface area contributed by atoms with Crippen LogP contribution >= 0.6 is 0 Å². The molecule has 128 valence electrons. The summed E-state index contributed by atoms with van der Waals surface area (Å²) in [5, 5.41) is 11.3. The van der Waals surface area contributed by atoms with Crippen molar-refractivity contribution in [3.63, 3.8) is 0 Å². The lowest BCUT2D eigenvalue weighted by molar-refractivity contribution is -0.140. The Morgan fingerprint density at radius 3 is 2.36 bits per heavy atom. The van der Waals surface area contributed by atoms with Gasteiger partial charge in [-0.3, -0.25) is 9.59 Å². The van der Waals surface area contributed by atoms with E-state index >= 15 is 0 Å². The fraction of sp³-hybridized carbons (Fsp3) is 0.211. The van der Waals surface area contributed by atoms with Gasteiger partial charge in [-0.25, -0.2) is 4.79 Å². The summed E-state index contributed by atoms with van der Waals surface area (Å²) in [7, 11) is 0. The van der Waals surface area contributed by atoms with Gasteiger partial charge in [0.15, 0.2) is 5.78 Å². The van der Waals surface area contributed by atoms with Gasteiger partial charge >= 0.3 is 5.97 Å². The van der Waals surface area contributed by atoms with Crippen LogP contribution in [0.15, 0.2) is 54.6 Å². The molecule has 25 heavy (non-hydrogen) atoms. The predicted octanol–water partition coefficient (Wildman–Crippen LogP) is 2.04. The molecule has 2 atom stereocenters. The first-order valence-corrected chi connectivity index (χ1v) is 7.89. The van der Waals surface area contributed by atoms with Crippen LogP contribution in [0.5, 0.6) is 5.75 Å². The second kappa shape index (κ2) is 7.17. The van der Waals surface area contributed by atoms with E-state index in [0.717, 1.165) is 5.56 Å². The second-order valence-corrected chi connectivity index (χ2v) is 5.85. The summed E-state index contributed by atoms with van der Waals surface area (Å²) in [6.45, 7) is 0.416. The van der Waals surface area contributed by atoms with Crippen LogP contribution in [0.1, 0.15) is 22.3 Å². The number of hydrogen-bond acceptors (Lipinski definition) is 4. The minimum absolute atomic E-state index is 0.0285. The Balaban J connectivity index is 1.63. The van der Waals surface area contributed by atoms with Crippen LogP contribution in [0.4, 0.5) is 0 Å². The first kappa shape index (κ1) is 16.7. The number of amides is 1. The monoisotopic (exact) mass is 339 g/mol. The summed E-state index contributed by atoms with van der Waals surface area (Å²) < 4.78 is 5.65. The van der Waals surface area contributed by atoms with Crippen LogP contribution < -0.4 is 10.1 Å². The molecule has 1 aliphatic heterocycles. The number of carboxylic acids is 1. The lowest BCUT2D eigenvalue weighted by atomic mass is 9.94. The maximum atomic E-state index is 12.4. The van der Waals surface area contributed by atoms with E-state index in [2.05, 4.69) is 5.32 Å². The third-order valence-electron chi connectivity index (χ3n) is 4.11. The molecule has 1 heterocycles. The molecule has 1 aliphatic rings. The number of aliphatic carboxylic acids is 1. The zero-order chi connectivity index (χ0) is 17.8. The van der Waals surface area contributed by atoms with Crippen molar-refractivity contribution in [1.82, 2.24) is 5.32 Å². The number of ketones is 1. The zero-order valence-electron chi connectivity index (χ0n) is 13.3. The highest BCUT2D eigenvalue weighted by molar-refractivity contribution is 6.12. The summed E-state index contributed by atoms with van der Waals surface area (Å²) in [5.74, 6) is -2.40. The smallest absolute Gasteiger partial charge is 0.326 e. The summed E-state index contributed by atoms with van der Waals surface area (Å²) in [5.41, 5.74) is 1.39. The molecule has 6 heteroatoms. The van der Waals surface area contributed by atoms with Gasteiger partial charge in [0.25, 0.3) is 0 Å². The van der Waals surface area contributed by atoms with E-state index in [-0.39, 0.29) is 12.2 Å². The number of nitrogens with one attached hydrogen (secondary N) is 1. The highest BCUT2D eigenvalue weighted by Gasteiger charge is 2.40. The zero-order valence-corrected chi connectivity index (χ0v) is 13.3. The van der Waals surface area contributed by atoms with Crippen molar-refractivity contribution in [3.8, 4) is 5.75 Å². The van der Waals surface area contributed by atoms with Gasteiger partial charge in [0.1, 0.15) is 24.3 Å². The number of hydrogen-bond donors (Lipinski definition) is 2. The Morgan fingerprint density at radius 2 is 1.76 bits per heavy atom. The number of benzene rings is 2. The molecular weight excluding hydrogens is 322 g/mol. The van der Waals surface area contributed by atoms with Gasteiger partial charge in [-0.2, -0.15) is 0 Å². The third kappa shape index (κ3) is 3.85. The lowest BCUT2D eigenvalue weighted by Crippen LogP contribution is -2.33. The number of carbonyl (C=O) groups is 3. The average molecular weight is 339 g/mol. The van der Waals surface area contributed by atoms with Gasteiger partial charge in [-0.05, 0) is 36.2 Å². The van der Waals surface area contributed by atoms with E-state index < -0.39 is 23.8 Å². The molecule has 0 aromatic heterocycles. The van der Waals surface area contributed by atoms with E-state index in [4.69, 9.17) is 9.84 Å². The Morgan fingerprint density at radius 1 is 1.08 bits per heavy atom. The van der Waals surface area contributed by atoms with E-state index in [1.165, 1.54) is 0 Å². The van der Waals surface area contributed by atoms with Gasteiger partial charge in [-0.1, -0.05) is 30.3 Å². The van der Waals surface area contributed by atoms with Gasteiger partial charge in [0.2, 0.25) is 5.91 Å². The van der Waals surface area contributed by atoms with Crippen molar-refractivity contribution < 1.29 is 24.2 Å². The molecule has 2 N–H and O–H groups in total. The topological polar surface area (TPSA) is 92.7 Å². The highest BCUT2D eigenvalue weighted by Crippen LogP contribution is 2.22. The van der Waals surface area contributed by atoms with Crippen LogP contribution in [0.25, 0.3) is 0 Å². The van der Waals surface area contributed by atoms with E-state index in [1.54, 1.807) is 24.3 Å². The molecule has 3 rings (SSSR count). The maximum absolute atomic E-state index is 12.4. The fourth-order valence-electron chi connectivity index (χ4n) is 2.72. The van der Waals surface area contributed by atoms with Crippen molar-refractivity contribution in [1.29, 1.82) is 0 Å². The first-order chi connectivity index (χ1) is 12.0. The Kier molecular flexibility index (Phi) is 4.79. The highest BCUT2D eigenvalue weighted by atomic mass is 16.5. The number of Topliss-reactive ketones (excluding diaryl/α,β-unsaturated/α-hetero) is 1. The average Bonchev–Trinajstić information content (AvgIpc) is 3.03. The van der Waals surface area contributed by atoms with Crippen LogP contribution in [0, 0.1) is 5.92 Å². The predicted molar refractivity (Wildman–Crippen MR) is 89.2 cm³/mol. The Bertz CT molecular complexity index is 785. The normalized spacial score (nSPS) is 19.3. The molecule has 0 aliphatic carbocycles. The van der Waals surface area contributed by atoms with Crippen molar-refractivity contribution in [3.05, 3.63) is 65.7 Å². The summed E-state index contributed by atoms with van der Waals surface area (Å²) >= 11 is 0. The van der Waals surface area contributed by atoms with Crippen molar-refractivity contribution >= 4 is 17.7 Å². The molecule has 2 aromatic carbocycles. The summed E-state index contributed by atoms with van der Waals surface area (Å²) in [6.07, 6.45) is -0.0285. The van der Waals surface area contributed by atoms with E-state index in [1.807, 2.05) is 30.3 Å². The SMILES string of the molecule is O=C(O)C1CC(C(=O)c2ccc(OCc3ccccc3)cc2)C(=O)N1. The minimum atomic E-state index is -1.13. The standard InChI is InChI=1S/C19H17NO5/c21-17(15-10-16(19(23)24)20-18(15)22)13-6-8-14(9-7-13)25-11-12-4-2-1-3-5-12/h1-9,15-16H,10-11H2,(H,20,22)(H,23,24). The molecule has 1 amide bonds. The molecular formula is C19H17NO5. The molecule has 0 bridgehead atoms. The minimum Gasteiger partial charge on any atom is -0.489 e. The van der Waals surface area contributed by atoms with Crippen molar-refractivity contribution in [2.24, 2.45) is 5.92 Å². The van der Waals surface area contributed by atoms with E-state index in [9.17, 15) is 14.4 Å².